The van der Waals surface area contributed by atoms with Crippen molar-refractivity contribution in [3.8, 4) is 45.3 Å². The zero-order valence-electron chi connectivity index (χ0n) is 29.9. The highest BCUT2D eigenvalue weighted by Crippen LogP contribution is 2.43. The van der Waals surface area contributed by atoms with E-state index in [-0.39, 0.29) is 0 Å². The van der Waals surface area contributed by atoms with Crippen LogP contribution in [-0.2, 0) is 0 Å². The Morgan fingerprint density at radius 1 is 0.286 bits per heavy atom. The molecule has 0 fully saturated rings. The first-order valence-electron chi connectivity index (χ1n) is 18.8. The van der Waals surface area contributed by atoms with Crippen molar-refractivity contribution in [1.82, 2.24) is 15.0 Å². The van der Waals surface area contributed by atoms with Gasteiger partial charge in [-0.25, -0.2) is 15.0 Å². The van der Waals surface area contributed by atoms with E-state index in [1.54, 1.807) is 0 Å². The van der Waals surface area contributed by atoms with Crippen LogP contribution in [0.5, 0.6) is 0 Å². The van der Waals surface area contributed by atoms with Crippen molar-refractivity contribution in [2.45, 2.75) is 0 Å². The topological polar surface area (TPSA) is 65.0 Å². The molecule has 56 heavy (non-hydrogen) atoms. The fraction of sp³-hybridized carbons (Fsp3) is 0. The predicted octanol–water partition coefficient (Wildman–Crippen LogP) is 13.8. The van der Waals surface area contributed by atoms with Gasteiger partial charge in [-0.2, -0.15) is 0 Å². The van der Waals surface area contributed by atoms with Crippen LogP contribution in [0.3, 0.4) is 0 Å². The number of fused-ring (bicyclic) bond motifs is 12. The molecular formula is C51H29N3O2. The first kappa shape index (κ1) is 30.8. The van der Waals surface area contributed by atoms with E-state index in [1.807, 2.05) is 72.8 Å². The maximum Gasteiger partial charge on any atom is 0.167 e. The molecule has 0 aliphatic rings. The Labute approximate surface area is 320 Å². The number of nitrogens with zero attached hydrogens (tertiary/aromatic N) is 3. The molecule has 9 aromatic carbocycles. The average Bonchev–Trinajstić information content (AvgIpc) is 3.85. The zero-order chi connectivity index (χ0) is 36.7. The van der Waals surface area contributed by atoms with Crippen molar-refractivity contribution < 1.29 is 8.83 Å². The van der Waals surface area contributed by atoms with Gasteiger partial charge < -0.3 is 8.83 Å². The van der Waals surface area contributed by atoms with Crippen LogP contribution in [-0.4, -0.2) is 15.0 Å². The second-order valence-corrected chi connectivity index (χ2v) is 14.3. The maximum absolute atomic E-state index is 6.80. The van der Waals surface area contributed by atoms with Gasteiger partial charge in [0, 0.05) is 27.1 Å². The fourth-order valence-electron chi connectivity index (χ4n) is 8.60. The number of hydrogen-bond donors (Lipinski definition) is 0. The van der Waals surface area contributed by atoms with Gasteiger partial charge in [0.05, 0.1) is 11.1 Å². The molecule has 5 nitrogen and oxygen atoms in total. The number of aromatic nitrogens is 3. The molecule has 0 bridgehead atoms. The minimum absolute atomic E-state index is 0.525. The highest BCUT2D eigenvalue weighted by atomic mass is 16.3. The summed E-state index contributed by atoms with van der Waals surface area (Å²) < 4.78 is 13.2. The SMILES string of the molecule is c1ccc(-c2nc(-c3cccc4c3oc3ccccc34)nc(-c3cccc4c3oc3cccc(-c5ccc6c7ccccc7c7ccccc7c6c5)c34)n2)cc1. The predicted molar refractivity (Wildman–Crippen MR) is 229 cm³/mol. The molecule has 260 valence electrons. The van der Waals surface area contributed by atoms with Gasteiger partial charge in [-0.05, 0) is 73.8 Å². The van der Waals surface area contributed by atoms with E-state index in [9.17, 15) is 0 Å². The van der Waals surface area contributed by atoms with Gasteiger partial charge in [-0.15, -0.1) is 0 Å². The molecule has 0 amide bonds. The van der Waals surface area contributed by atoms with Gasteiger partial charge in [-0.3, -0.25) is 0 Å². The van der Waals surface area contributed by atoms with E-state index in [2.05, 4.69) is 103 Å². The molecule has 0 aliphatic carbocycles. The molecule has 3 heterocycles. The third-order valence-electron chi connectivity index (χ3n) is 11.1. The molecule has 0 N–H and O–H groups in total. The van der Waals surface area contributed by atoms with E-state index in [1.165, 1.54) is 32.3 Å². The second kappa shape index (κ2) is 11.9. The van der Waals surface area contributed by atoms with Crippen LogP contribution in [0.1, 0.15) is 0 Å². The molecule has 0 unspecified atom stereocenters. The summed E-state index contributed by atoms with van der Waals surface area (Å²) in [6.45, 7) is 0. The number of benzene rings is 9. The minimum atomic E-state index is 0.525. The third kappa shape index (κ3) is 4.58. The van der Waals surface area contributed by atoms with Crippen molar-refractivity contribution in [3.05, 3.63) is 176 Å². The number of hydrogen-bond acceptors (Lipinski definition) is 5. The number of para-hydroxylation sites is 3. The van der Waals surface area contributed by atoms with Crippen LogP contribution in [0.4, 0.5) is 0 Å². The lowest BCUT2D eigenvalue weighted by molar-refractivity contribution is 0.669. The van der Waals surface area contributed by atoms with Gasteiger partial charge >= 0.3 is 0 Å². The Hall–Kier alpha value is -7.63. The standard InChI is InChI=1S/C51H29N3O2/c1-2-13-30(14-3-1)49-52-50(41-23-10-21-39-38-19-8-9-25-44(38)55-47(39)41)54-51(53-49)42-24-11-22-40-46-32(20-12-26-45(46)56-48(40)42)31-27-28-37-35-17-5-4-15-33(35)34-16-6-7-18-36(34)43(37)29-31/h1-29H. The molecule has 3 aromatic heterocycles. The Balaban J connectivity index is 1.08. The molecule has 0 spiro atoms. The highest BCUT2D eigenvalue weighted by molar-refractivity contribution is 6.26. The third-order valence-corrected chi connectivity index (χ3v) is 11.1. The highest BCUT2D eigenvalue weighted by Gasteiger charge is 2.22. The molecule has 5 heteroatoms. The van der Waals surface area contributed by atoms with Crippen molar-refractivity contribution in [2.24, 2.45) is 0 Å². The largest absolute Gasteiger partial charge is 0.455 e. The van der Waals surface area contributed by atoms with Gasteiger partial charge in [-0.1, -0.05) is 146 Å². The van der Waals surface area contributed by atoms with Gasteiger partial charge in [0.25, 0.3) is 0 Å². The van der Waals surface area contributed by atoms with E-state index in [4.69, 9.17) is 23.8 Å². The molecular weight excluding hydrogens is 687 g/mol. The Bertz CT molecular complexity index is 3510. The summed E-state index contributed by atoms with van der Waals surface area (Å²) in [5, 5.41) is 11.6. The smallest absolute Gasteiger partial charge is 0.167 e. The summed E-state index contributed by atoms with van der Waals surface area (Å²) in [6.07, 6.45) is 0. The van der Waals surface area contributed by atoms with Crippen LogP contribution in [0, 0.1) is 0 Å². The van der Waals surface area contributed by atoms with Crippen molar-refractivity contribution in [3.63, 3.8) is 0 Å². The van der Waals surface area contributed by atoms with E-state index in [0.717, 1.165) is 71.7 Å². The first-order valence-corrected chi connectivity index (χ1v) is 18.8. The van der Waals surface area contributed by atoms with Crippen LogP contribution in [0.2, 0.25) is 0 Å². The average molecular weight is 716 g/mol. The van der Waals surface area contributed by atoms with Crippen LogP contribution in [0.25, 0.3) is 121 Å². The number of rotatable bonds is 4. The minimum Gasteiger partial charge on any atom is -0.455 e. The zero-order valence-corrected chi connectivity index (χ0v) is 29.9. The summed E-state index contributed by atoms with van der Waals surface area (Å²) >= 11 is 0. The summed E-state index contributed by atoms with van der Waals surface area (Å²) in [6, 6.07) is 61.0. The van der Waals surface area contributed by atoms with Gasteiger partial charge in [0.1, 0.15) is 22.3 Å². The van der Waals surface area contributed by atoms with Gasteiger partial charge in [0.15, 0.2) is 17.5 Å². The fourth-order valence-corrected chi connectivity index (χ4v) is 8.60. The van der Waals surface area contributed by atoms with E-state index < -0.39 is 0 Å². The Morgan fingerprint density at radius 3 is 1.48 bits per heavy atom. The van der Waals surface area contributed by atoms with Crippen LogP contribution < -0.4 is 0 Å². The molecule has 12 aromatic rings. The summed E-state index contributed by atoms with van der Waals surface area (Å²) in [7, 11) is 0. The number of furan rings is 2. The molecule has 0 aliphatic heterocycles. The maximum atomic E-state index is 6.80. The summed E-state index contributed by atoms with van der Waals surface area (Å²) in [5.41, 5.74) is 7.82. The Kier molecular flexibility index (Phi) is 6.56. The van der Waals surface area contributed by atoms with Crippen LogP contribution in [0.15, 0.2) is 185 Å². The van der Waals surface area contributed by atoms with Crippen LogP contribution >= 0.6 is 0 Å². The lowest BCUT2D eigenvalue weighted by atomic mass is 9.91. The van der Waals surface area contributed by atoms with Crippen molar-refractivity contribution in [1.29, 1.82) is 0 Å². The first-order chi connectivity index (χ1) is 27.8. The van der Waals surface area contributed by atoms with Crippen molar-refractivity contribution in [2.75, 3.05) is 0 Å². The second-order valence-electron chi connectivity index (χ2n) is 14.3. The van der Waals surface area contributed by atoms with E-state index >= 15 is 0 Å². The molecule has 0 radical (unpaired) electrons. The summed E-state index contributed by atoms with van der Waals surface area (Å²) in [5.74, 6) is 1.63. The lowest BCUT2D eigenvalue weighted by Crippen LogP contribution is -2.00. The molecule has 12 rings (SSSR count). The quantitative estimate of drug-likeness (QED) is 0.170. The lowest BCUT2D eigenvalue weighted by Gasteiger charge is -2.12. The summed E-state index contributed by atoms with van der Waals surface area (Å²) in [4.78, 5) is 15.3. The molecule has 0 saturated heterocycles. The monoisotopic (exact) mass is 715 g/mol. The van der Waals surface area contributed by atoms with Gasteiger partial charge in [0.2, 0.25) is 0 Å². The molecule has 0 atom stereocenters. The molecule has 0 saturated carbocycles. The normalized spacial score (nSPS) is 11.9. The van der Waals surface area contributed by atoms with Crippen molar-refractivity contribution >= 4 is 76.2 Å². The Morgan fingerprint density at radius 2 is 0.768 bits per heavy atom. The van der Waals surface area contributed by atoms with E-state index in [0.29, 0.717) is 17.5 Å².